The van der Waals surface area contributed by atoms with Crippen molar-refractivity contribution in [3.63, 3.8) is 0 Å². The van der Waals surface area contributed by atoms with Crippen LogP contribution >= 0.6 is 23.2 Å². The highest BCUT2D eigenvalue weighted by Crippen LogP contribution is 2.47. The van der Waals surface area contributed by atoms with Crippen LogP contribution < -0.4 is 9.47 Å². The summed E-state index contributed by atoms with van der Waals surface area (Å²) in [4.78, 5) is 19.4. The Balaban J connectivity index is 1.44. The molecule has 7 heteroatoms. The zero-order chi connectivity index (χ0) is 25.1. The van der Waals surface area contributed by atoms with Crippen LogP contribution in [0.2, 0.25) is 10.0 Å². The molecule has 2 aliphatic heterocycles. The number of aromatic nitrogens is 1. The normalized spacial score (nSPS) is 16.0. The molecule has 7 rings (SSSR count). The second-order valence-corrected chi connectivity index (χ2v) is 10.0. The third-order valence-corrected chi connectivity index (χ3v) is 7.62. The maximum atomic E-state index is 13.9. The standard InChI is InChI=1S/C30H20Cl2N2O3/c31-18-10-11-21(23(32)14-18)28-27(22-7-3-4-8-24(22)33-28)29-19-5-1-2-6-20(19)30(35)34(29)15-17-9-12-25-26(13-17)37-16-36-25/h1-14,29,33H,15-16H2. The van der Waals surface area contributed by atoms with Crippen LogP contribution in [0.4, 0.5) is 0 Å². The lowest BCUT2D eigenvalue weighted by atomic mass is 9.93. The number of nitrogens with zero attached hydrogens (tertiary/aromatic N) is 1. The van der Waals surface area contributed by atoms with Gasteiger partial charge in [-0.15, -0.1) is 0 Å². The number of amides is 1. The number of para-hydroxylation sites is 1. The molecule has 0 bridgehead atoms. The molecule has 2 aliphatic rings. The zero-order valence-corrected chi connectivity index (χ0v) is 21.0. The number of hydrogen-bond acceptors (Lipinski definition) is 3. The second kappa shape index (κ2) is 8.58. The van der Waals surface area contributed by atoms with E-state index in [0.29, 0.717) is 33.7 Å². The lowest BCUT2D eigenvalue weighted by Gasteiger charge is -2.27. The van der Waals surface area contributed by atoms with E-state index in [2.05, 4.69) is 11.1 Å². The highest BCUT2D eigenvalue weighted by molar-refractivity contribution is 6.36. The predicted molar refractivity (Wildman–Crippen MR) is 144 cm³/mol. The van der Waals surface area contributed by atoms with E-state index in [1.54, 1.807) is 6.07 Å². The summed E-state index contributed by atoms with van der Waals surface area (Å²) < 4.78 is 11.1. The van der Waals surface area contributed by atoms with Crippen LogP contribution in [0, 0.1) is 0 Å². The molecule has 0 saturated heterocycles. The van der Waals surface area contributed by atoms with Crippen LogP contribution in [0.1, 0.15) is 33.1 Å². The van der Waals surface area contributed by atoms with E-state index in [9.17, 15) is 4.79 Å². The first-order valence-electron chi connectivity index (χ1n) is 11.9. The van der Waals surface area contributed by atoms with Crippen molar-refractivity contribution in [1.82, 2.24) is 9.88 Å². The van der Waals surface area contributed by atoms with Gasteiger partial charge in [-0.25, -0.2) is 0 Å². The van der Waals surface area contributed by atoms with E-state index in [1.807, 2.05) is 77.7 Å². The molecule has 1 N–H and O–H groups in total. The molecule has 1 aromatic heterocycles. The summed E-state index contributed by atoms with van der Waals surface area (Å²) in [6, 6.07) is 26.9. The van der Waals surface area contributed by atoms with Gasteiger partial charge in [-0.05, 0) is 53.6 Å². The average molecular weight is 527 g/mol. The summed E-state index contributed by atoms with van der Waals surface area (Å²) in [5.74, 6) is 1.39. The Bertz CT molecular complexity index is 1710. The number of benzene rings is 4. The summed E-state index contributed by atoms with van der Waals surface area (Å²) in [7, 11) is 0. The highest BCUT2D eigenvalue weighted by Gasteiger charge is 2.40. The Kier molecular flexibility index (Phi) is 5.17. The van der Waals surface area contributed by atoms with Gasteiger partial charge >= 0.3 is 0 Å². The third kappa shape index (κ3) is 3.57. The molecule has 0 aliphatic carbocycles. The number of rotatable bonds is 4. The first-order chi connectivity index (χ1) is 18.1. The van der Waals surface area contributed by atoms with Gasteiger partial charge in [-0.2, -0.15) is 0 Å². The molecule has 182 valence electrons. The molecule has 5 nitrogen and oxygen atoms in total. The minimum atomic E-state index is -0.327. The summed E-state index contributed by atoms with van der Waals surface area (Å²) >= 11 is 12.9. The van der Waals surface area contributed by atoms with Crippen molar-refractivity contribution in [3.05, 3.63) is 117 Å². The molecule has 1 unspecified atom stereocenters. The maximum absolute atomic E-state index is 13.9. The fraction of sp³-hybridized carbons (Fsp3) is 0.100. The van der Waals surface area contributed by atoms with Crippen molar-refractivity contribution in [2.45, 2.75) is 12.6 Å². The van der Waals surface area contributed by atoms with E-state index in [0.717, 1.165) is 38.9 Å². The Morgan fingerprint density at radius 2 is 1.68 bits per heavy atom. The smallest absolute Gasteiger partial charge is 0.255 e. The number of halogens is 2. The second-order valence-electron chi connectivity index (χ2n) is 9.19. The van der Waals surface area contributed by atoms with Gasteiger partial charge in [0.15, 0.2) is 11.5 Å². The SMILES string of the molecule is O=C1c2ccccc2C(c2c(-c3ccc(Cl)cc3Cl)[nH]c3ccccc23)N1Cc1ccc2c(c1)OCO2. The maximum Gasteiger partial charge on any atom is 0.255 e. The van der Waals surface area contributed by atoms with Crippen LogP contribution in [0.15, 0.2) is 84.9 Å². The van der Waals surface area contributed by atoms with Crippen LogP contribution in [0.5, 0.6) is 11.5 Å². The van der Waals surface area contributed by atoms with Gasteiger partial charge in [-0.3, -0.25) is 4.79 Å². The van der Waals surface area contributed by atoms with Gasteiger partial charge in [0.2, 0.25) is 6.79 Å². The molecular formula is C30H20Cl2N2O3. The number of carbonyl (C=O) groups excluding carboxylic acids is 1. The lowest BCUT2D eigenvalue weighted by molar-refractivity contribution is 0.0737. The molecule has 4 aromatic carbocycles. The number of H-pyrrole nitrogens is 1. The fourth-order valence-electron chi connectivity index (χ4n) is 5.43. The first-order valence-corrected chi connectivity index (χ1v) is 12.7. The average Bonchev–Trinajstić information content (AvgIpc) is 3.59. The minimum Gasteiger partial charge on any atom is -0.454 e. The molecule has 0 spiro atoms. The van der Waals surface area contributed by atoms with E-state index in [-0.39, 0.29) is 18.7 Å². The number of nitrogens with one attached hydrogen (secondary N) is 1. The third-order valence-electron chi connectivity index (χ3n) is 7.07. The van der Waals surface area contributed by atoms with E-state index in [4.69, 9.17) is 32.7 Å². The van der Waals surface area contributed by atoms with E-state index < -0.39 is 0 Å². The molecule has 3 heterocycles. The van der Waals surface area contributed by atoms with Crippen molar-refractivity contribution in [1.29, 1.82) is 0 Å². The monoisotopic (exact) mass is 526 g/mol. The highest BCUT2D eigenvalue weighted by atomic mass is 35.5. The Hall–Kier alpha value is -3.93. The van der Waals surface area contributed by atoms with E-state index in [1.165, 1.54) is 0 Å². The summed E-state index contributed by atoms with van der Waals surface area (Å²) in [5.41, 5.74) is 6.29. The summed E-state index contributed by atoms with van der Waals surface area (Å²) in [6.07, 6.45) is 0. The van der Waals surface area contributed by atoms with Crippen molar-refractivity contribution < 1.29 is 14.3 Å². The molecule has 0 radical (unpaired) electrons. The molecule has 0 saturated carbocycles. The van der Waals surface area contributed by atoms with Crippen LogP contribution in [-0.2, 0) is 6.54 Å². The fourth-order valence-corrected chi connectivity index (χ4v) is 5.94. The van der Waals surface area contributed by atoms with Crippen LogP contribution in [-0.4, -0.2) is 22.6 Å². The Morgan fingerprint density at radius 3 is 2.57 bits per heavy atom. The van der Waals surface area contributed by atoms with Crippen LogP contribution in [0.25, 0.3) is 22.2 Å². The van der Waals surface area contributed by atoms with Crippen molar-refractivity contribution in [2.75, 3.05) is 6.79 Å². The predicted octanol–water partition coefficient (Wildman–Crippen LogP) is 7.62. The molecule has 1 amide bonds. The van der Waals surface area contributed by atoms with Gasteiger partial charge in [-0.1, -0.05) is 65.7 Å². The zero-order valence-electron chi connectivity index (χ0n) is 19.5. The van der Waals surface area contributed by atoms with Crippen molar-refractivity contribution in [3.8, 4) is 22.8 Å². The quantitative estimate of drug-likeness (QED) is 0.262. The topological polar surface area (TPSA) is 54.6 Å². The first kappa shape index (κ1) is 22.3. The van der Waals surface area contributed by atoms with E-state index >= 15 is 0 Å². The largest absolute Gasteiger partial charge is 0.454 e. The van der Waals surface area contributed by atoms with Gasteiger partial charge < -0.3 is 19.4 Å². The molecule has 1 atom stereocenters. The minimum absolute atomic E-state index is 0.0169. The van der Waals surface area contributed by atoms with Crippen molar-refractivity contribution >= 4 is 40.0 Å². The number of carbonyl (C=O) groups is 1. The van der Waals surface area contributed by atoms with Gasteiger partial charge in [0, 0.05) is 39.2 Å². The Morgan fingerprint density at radius 1 is 0.865 bits per heavy atom. The van der Waals surface area contributed by atoms with Crippen molar-refractivity contribution in [2.24, 2.45) is 0 Å². The van der Waals surface area contributed by atoms with Gasteiger partial charge in [0.1, 0.15) is 0 Å². The number of aromatic amines is 1. The Labute approximate surface area is 223 Å². The van der Waals surface area contributed by atoms with Gasteiger partial charge in [0.25, 0.3) is 5.91 Å². The number of ether oxygens (including phenoxy) is 2. The summed E-state index contributed by atoms with van der Waals surface area (Å²) in [6.45, 7) is 0.609. The van der Waals surface area contributed by atoms with Gasteiger partial charge in [0.05, 0.1) is 16.8 Å². The molecule has 0 fully saturated rings. The van der Waals surface area contributed by atoms with Crippen LogP contribution in [0.3, 0.4) is 0 Å². The molecule has 37 heavy (non-hydrogen) atoms. The molecule has 5 aromatic rings. The molecular weight excluding hydrogens is 507 g/mol. The number of hydrogen-bond donors (Lipinski definition) is 1. The summed E-state index contributed by atoms with van der Waals surface area (Å²) in [5, 5.41) is 2.14. The number of fused-ring (bicyclic) bond motifs is 3. The lowest BCUT2D eigenvalue weighted by Crippen LogP contribution is -2.28.